The fourth-order valence-corrected chi connectivity index (χ4v) is 2.24. The SMILES string of the molecule is CCC/C=C/C=C/C=C/CCCCCCCCCCC(=O)O. The van der Waals surface area contributed by atoms with Crippen LogP contribution in [0.25, 0.3) is 0 Å². The summed E-state index contributed by atoms with van der Waals surface area (Å²) in [6.45, 7) is 2.19. The zero-order valence-corrected chi connectivity index (χ0v) is 14.3. The van der Waals surface area contributed by atoms with Gasteiger partial charge in [-0.25, -0.2) is 0 Å². The molecule has 0 atom stereocenters. The number of rotatable bonds is 15. The van der Waals surface area contributed by atoms with Crippen LogP contribution in [0.1, 0.15) is 84.0 Å². The highest BCUT2D eigenvalue weighted by Crippen LogP contribution is 2.10. The third-order valence-corrected chi connectivity index (χ3v) is 3.57. The molecule has 0 spiro atoms. The first-order valence-electron chi connectivity index (χ1n) is 8.97. The number of carbonyl (C=O) groups is 1. The Bertz CT molecular complexity index is 327. The monoisotopic (exact) mass is 306 g/mol. The maximum Gasteiger partial charge on any atom is 0.303 e. The quantitative estimate of drug-likeness (QED) is 0.279. The third-order valence-electron chi connectivity index (χ3n) is 3.57. The smallest absolute Gasteiger partial charge is 0.303 e. The summed E-state index contributed by atoms with van der Waals surface area (Å²) in [5.41, 5.74) is 0. The van der Waals surface area contributed by atoms with Crippen LogP contribution in [-0.2, 0) is 4.79 Å². The van der Waals surface area contributed by atoms with Gasteiger partial charge in [-0.05, 0) is 25.7 Å². The molecule has 0 saturated heterocycles. The van der Waals surface area contributed by atoms with Crippen molar-refractivity contribution >= 4 is 5.97 Å². The number of allylic oxidation sites excluding steroid dienone is 6. The summed E-state index contributed by atoms with van der Waals surface area (Å²) in [6, 6.07) is 0. The molecule has 0 aliphatic carbocycles. The van der Waals surface area contributed by atoms with E-state index in [2.05, 4.69) is 43.4 Å². The summed E-state index contributed by atoms with van der Waals surface area (Å²) in [7, 11) is 0. The molecule has 0 radical (unpaired) electrons. The van der Waals surface area contributed by atoms with Crippen LogP contribution in [0, 0.1) is 0 Å². The van der Waals surface area contributed by atoms with Crippen molar-refractivity contribution in [3.05, 3.63) is 36.5 Å². The Labute approximate surface area is 137 Å². The standard InChI is InChI=1S/C20H34O2/c1-2-3-4-5-6-7-8-9-10-11-12-13-14-15-16-17-18-19-20(21)22/h4-9H,2-3,10-19H2,1H3,(H,21,22)/b5-4+,7-6+,9-8+. The zero-order valence-electron chi connectivity index (χ0n) is 14.3. The lowest BCUT2D eigenvalue weighted by Gasteiger charge is -2.00. The molecule has 0 amide bonds. The van der Waals surface area contributed by atoms with Crippen molar-refractivity contribution < 1.29 is 9.90 Å². The van der Waals surface area contributed by atoms with Crippen LogP contribution < -0.4 is 0 Å². The van der Waals surface area contributed by atoms with E-state index in [1.54, 1.807) is 0 Å². The van der Waals surface area contributed by atoms with Gasteiger partial charge in [0.05, 0.1) is 0 Å². The molecule has 0 heterocycles. The Morgan fingerprint density at radius 3 is 1.77 bits per heavy atom. The molecular weight excluding hydrogens is 272 g/mol. The number of unbranched alkanes of at least 4 members (excludes halogenated alkanes) is 9. The maximum absolute atomic E-state index is 10.3. The molecule has 2 nitrogen and oxygen atoms in total. The summed E-state index contributed by atoms with van der Waals surface area (Å²) in [4.78, 5) is 10.3. The maximum atomic E-state index is 10.3. The molecule has 0 bridgehead atoms. The molecule has 0 rings (SSSR count). The lowest BCUT2D eigenvalue weighted by atomic mass is 10.1. The summed E-state index contributed by atoms with van der Waals surface area (Å²) in [6.07, 6.45) is 26.3. The van der Waals surface area contributed by atoms with Crippen molar-refractivity contribution in [2.24, 2.45) is 0 Å². The molecule has 0 aromatic heterocycles. The van der Waals surface area contributed by atoms with E-state index >= 15 is 0 Å². The summed E-state index contributed by atoms with van der Waals surface area (Å²) in [5, 5.41) is 8.53. The molecular formula is C20H34O2. The van der Waals surface area contributed by atoms with Gasteiger partial charge < -0.3 is 5.11 Å². The van der Waals surface area contributed by atoms with E-state index in [9.17, 15) is 4.79 Å². The second-order valence-electron chi connectivity index (χ2n) is 5.79. The Morgan fingerprint density at radius 1 is 0.727 bits per heavy atom. The Kier molecular flexibility index (Phi) is 16.7. The largest absolute Gasteiger partial charge is 0.481 e. The minimum absolute atomic E-state index is 0.329. The lowest BCUT2D eigenvalue weighted by molar-refractivity contribution is -0.137. The van der Waals surface area contributed by atoms with Gasteiger partial charge in [0.25, 0.3) is 0 Å². The first kappa shape index (κ1) is 20.7. The van der Waals surface area contributed by atoms with Gasteiger partial charge >= 0.3 is 5.97 Å². The van der Waals surface area contributed by atoms with Crippen molar-refractivity contribution in [2.75, 3.05) is 0 Å². The van der Waals surface area contributed by atoms with Gasteiger partial charge in [0.1, 0.15) is 0 Å². The van der Waals surface area contributed by atoms with Crippen LogP contribution >= 0.6 is 0 Å². The van der Waals surface area contributed by atoms with E-state index in [1.807, 2.05) is 0 Å². The Balaban J connectivity index is 3.21. The summed E-state index contributed by atoms with van der Waals surface area (Å²) < 4.78 is 0. The Hall–Kier alpha value is -1.31. The first-order chi connectivity index (χ1) is 10.8. The first-order valence-corrected chi connectivity index (χ1v) is 8.97. The Morgan fingerprint density at radius 2 is 1.23 bits per heavy atom. The van der Waals surface area contributed by atoms with Gasteiger partial charge in [0.2, 0.25) is 0 Å². The van der Waals surface area contributed by atoms with Crippen molar-refractivity contribution in [1.29, 1.82) is 0 Å². The van der Waals surface area contributed by atoms with Gasteiger partial charge in [-0.15, -0.1) is 0 Å². The van der Waals surface area contributed by atoms with Crippen LogP contribution in [0.5, 0.6) is 0 Å². The minimum Gasteiger partial charge on any atom is -0.481 e. The molecule has 0 aliphatic heterocycles. The molecule has 0 aromatic carbocycles. The number of carboxylic acid groups (broad SMARTS) is 1. The highest BCUT2D eigenvalue weighted by molar-refractivity contribution is 5.66. The number of hydrogen-bond acceptors (Lipinski definition) is 1. The molecule has 1 N–H and O–H groups in total. The van der Waals surface area contributed by atoms with Crippen LogP contribution in [0.2, 0.25) is 0 Å². The van der Waals surface area contributed by atoms with Gasteiger partial charge in [0, 0.05) is 6.42 Å². The highest BCUT2D eigenvalue weighted by atomic mass is 16.4. The van der Waals surface area contributed by atoms with Crippen molar-refractivity contribution in [1.82, 2.24) is 0 Å². The topological polar surface area (TPSA) is 37.3 Å². The van der Waals surface area contributed by atoms with Crippen molar-refractivity contribution in [2.45, 2.75) is 84.0 Å². The van der Waals surface area contributed by atoms with Crippen LogP contribution in [0.4, 0.5) is 0 Å². The van der Waals surface area contributed by atoms with E-state index in [1.165, 1.54) is 51.4 Å². The highest BCUT2D eigenvalue weighted by Gasteiger charge is 1.96. The van der Waals surface area contributed by atoms with Crippen molar-refractivity contribution in [3.63, 3.8) is 0 Å². The van der Waals surface area contributed by atoms with Gasteiger partial charge in [-0.3, -0.25) is 4.79 Å². The van der Waals surface area contributed by atoms with Gasteiger partial charge in [0.15, 0.2) is 0 Å². The molecule has 0 saturated carbocycles. The predicted molar refractivity (Wildman–Crippen MR) is 96.1 cm³/mol. The van der Waals surface area contributed by atoms with Crippen molar-refractivity contribution in [3.8, 4) is 0 Å². The third kappa shape index (κ3) is 18.7. The van der Waals surface area contributed by atoms with Crippen LogP contribution in [0.15, 0.2) is 36.5 Å². The average Bonchev–Trinajstić information content (AvgIpc) is 2.50. The molecule has 0 fully saturated rings. The van der Waals surface area contributed by atoms with E-state index in [-0.39, 0.29) is 0 Å². The second-order valence-corrected chi connectivity index (χ2v) is 5.79. The fourth-order valence-electron chi connectivity index (χ4n) is 2.24. The zero-order chi connectivity index (χ0) is 16.3. The number of aliphatic carboxylic acids is 1. The molecule has 0 aromatic rings. The van der Waals surface area contributed by atoms with Crippen LogP contribution in [-0.4, -0.2) is 11.1 Å². The van der Waals surface area contributed by atoms with Crippen LogP contribution in [0.3, 0.4) is 0 Å². The lowest BCUT2D eigenvalue weighted by Crippen LogP contribution is -1.93. The summed E-state index contributed by atoms with van der Waals surface area (Å²) >= 11 is 0. The fraction of sp³-hybridized carbons (Fsp3) is 0.650. The average molecular weight is 306 g/mol. The number of carboxylic acids is 1. The summed E-state index contributed by atoms with van der Waals surface area (Å²) in [5.74, 6) is -0.667. The van der Waals surface area contributed by atoms with E-state index in [0.717, 1.165) is 19.3 Å². The normalized spacial score (nSPS) is 12.0. The molecule has 126 valence electrons. The number of hydrogen-bond donors (Lipinski definition) is 1. The minimum atomic E-state index is -0.667. The second kappa shape index (κ2) is 17.7. The molecule has 22 heavy (non-hydrogen) atoms. The predicted octanol–water partition coefficient (Wildman–Crippen LogP) is 6.44. The molecule has 0 unspecified atom stereocenters. The van der Waals surface area contributed by atoms with E-state index < -0.39 is 5.97 Å². The van der Waals surface area contributed by atoms with E-state index in [0.29, 0.717) is 6.42 Å². The van der Waals surface area contributed by atoms with Gasteiger partial charge in [-0.2, -0.15) is 0 Å². The molecule has 0 aliphatic rings. The molecule has 2 heteroatoms. The van der Waals surface area contributed by atoms with E-state index in [4.69, 9.17) is 5.11 Å². The van der Waals surface area contributed by atoms with Gasteiger partial charge in [-0.1, -0.05) is 88.3 Å².